The number of hydrogen-bond acceptors (Lipinski definition) is 5. The molecule has 1 aromatic carbocycles. The quantitative estimate of drug-likeness (QED) is 0.908. The van der Waals surface area contributed by atoms with Crippen LogP contribution in [0.25, 0.3) is 0 Å². The summed E-state index contributed by atoms with van der Waals surface area (Å²) in [5, 5.41) is 14.7. The summed E-state index contributed by atoms with van der Waals surface area (Å²) >= 11 is 0. The van der Waals surface area contributed by atoms with E-state index < -0.39 is 0 Å². The third-order valence-electron chi connectivity index (χ3n) is 2.65. The Bertz CT molecular complexity index is 711. The number of aromatic nitrogens is 2. The number of carbonyl (C=O) groups excluding carboxylic acids is 1. The van der Waals surface area contributed by atoms with Crippen LogP contribution in [0.15, 0.2) is 36.7 Å². The maximum atomic E-state index is 12.0. The lowest BCUT2D eigenvalue weighted by Crippen LogP contribution is -2.40. The molecule has 0 aliphatic heterocycles. The van der Waals surface area contributed by atoms with E-state index in [2.05, 4.69) is 26.7 Å². The first-order valence-corrected chi connectivity index (χ1v) is 6.79. The van der Waals surface area contributed by atoms with Crippen molar-refractivity contribution in [3.63, 3.8) is 0 Å². The smallest absolute Gasteiger partial charge is 0.254 e. The first kappa shape index (κ1) is 15.4. The third-order valence-corrected chi connectivity index (χ3v) is 2.65. The largest absolute Gasteiger partial charge is 0.347 e. The molecule has 0 unspecified atom stereocenters. The van der Waals surface area contributed by atoms with Gasteiger partial charge in [-0.25, -0.2) is 9.97 Å². The molecule has 0 saturated carbocycles. The molecule has 1 heterocycles. The highest BCUT2D eigenvalue weighted by Gasteiger charge is 2.15. The second kappa shape index (κ2) is 6.22. The fourth-order valence-electron chi connectivity index (χ4n) is 1.72. The normalized spacial score (nSPS) is 10.6. The highest BCUT2D eigenvalue weighted by atomic mass is 16.1. The highest BCUT2D eigenvalue weighted by molar-refractivity contribution is 5.94. The monoisotopic (exact) mass is 295 g/mol. The summed E-state index contributed by atoms with van der Waals surface area (Å²) < 4.78 is 0. The van der Waals surface area contributed by atoms with Gasteiger partial charge >= 0.3 is 0 Å². The van der Waals surface area contributed by atoms with Crippen molar-refractivity contribution in [3.8, 4) is 6.07 Å². The summed E-state index contributed by atoms with van der Waals surface area (Å²) in [6, 6.07) is 9.06. The number of nitriles is 1. The van der Waals surface area contributed by atoms with Gasteiger partial charge in [0.15, 0.2) is 0 Å². The van der Waals surface area contributed by atoms with E-state index in [0.29, 0.717) is 22.8 Å². The van der Waals surface area contributed by atoms with Crippen molar-refractivity contribution in [2.45, 2.75) is 26.3 Å². The van der Waals surface area contributed by atoms with Crippen molar-refractivity contribution < 1.29 is 4.79 Å². The molecule has 0 aliphatic carbocycles. The second-order valence-electron chi connectivity index (χ2n) is 5.82. The number of anilines is 2. The van der Waals surface area contributed by atoms with Crippen molar-refractivity contribution in [1.82, 2.24) is 15.3 Å². The van der Waals surface area contributed by atoms with Crippen LogP contribution in [0.4, 0.5) is 11.6 Å². The zero-order valence-corrected chi connectivity index (χ0v) is 12.7. The van der Waals surface area contributed by atoms with E-state index in [-0.39, 0.29) is 11.4 Å². The summed E-state index contributed by atoms with van der Waals surface area (Å²) in [6.45, 7) is 5.72. The first-order valence-electron chi connectivity index (χ1n) is 6.79. The lowest BCUT2D eigenvalue weighted by Gasteiger charge is -2.20. The van der Waals surface area contributed by atoms with Gasteiger partial charge in [0.05, 0.1) is 17.2 Å². The highest BCUT2D eigenvalue weighted by Crippen LogP contribution is 2.14. The van der Waals surface area contributed by atoms with Gasteiger partial charge in [-0.2, -0.15) is 5.26 Å². The van der Waals surface area contributed by atoms with Crippen molar-refractivity contribution in [2.24, 2.45) is 0 Å². The molecular formula is C16H17N5O. The summed E-state index contributed by atoms with van der Waals surface area (Å²) in [5.74, 6) is 0.146. The van der Waals surface area contributed by atoms with Crippen molar-refractivity contribution in [1.29, 1.82) is 5.26 Å². The molecule has 6 heteroatoms. The Balaban J connectivity index is 2.09. The maximum absolute atomic E-state index is 12.0. The van der Waals surface area contributed by atoms with Gasteiger partial charge in [0.1, 0.15) is 0 Å². The van der Waals surface area contributed by atoms with E-state index in [4.69, 9.17) is 5.26 Å². The molecule has 2 N–H and O–H groups in total. The van der Waals surface area contributed by atoms with Crippen molar-refractivity contribution in [2.75, 3.05) is 5.32 Å². The number of benzene rings is 1. The summed E-state index contributed by atoms with van der Waals surface area (Å²) in [5.41, 5.74) is 1.34. The molecule has 0 spiro atoms. The molecule has 0 atom stereocenters. The van der Waals surface area contributed by atoms with Crippen LogP contribution >= 0.6 is 0 Å². The van der Waals surface area contributed by atoms with Gasteiger partial charge in [-0.15, -0.1) is 0 Å². The minimum absolute atomic E-state index is 0.217. The van der Waals surface area contributed by atoms with Gasteiger partial charge in [-0.05, 0) is 39.0 Å². The number of hydrogen-bond donors (Lipinski definition) is 2. The van der Waals surface area contributed by atoms with Crippen LogP contribution in [0.5, 0.6) is 0 Å². The van der Waals surface area contributed by atoms with Crippen LogP contribution in [-0.4, -0.2) is 21.4 Å². The third kappa shape index (κ3) is 4.28. The van der Waals surface area contributed by atoms with E-state index in [9.17, 15) is 4.79 Å². The van der Waals surface area contributed by atoms with Crippen LogP contribution in [0.1, 0.15) is 36.7 Å². The van der Waals surface area contributed by atoms with E-state index in [1.54, 1.807) is 18.2 Å². The second-order valence-corrected chi connectivity index (χ2v) is 5.82. The number of rotatable bonds is 3. The predicted molar refractivity (Wildman–Crippen MR) is 83.7 cm³/mol. The van der Waals surface area contributed by atoms with Crippen molar-refractivity contribution >= 4 is 17.5 Å². The summed E-state index contributed by atoms with van der Waals surface area (Å²) in [6.07, 6.45) is 2.93. The summed E-state index contributed by atoms with van der Waals surface area (Å²) in [7, 11) is 0. The molecular weight excluding hydrogens is 278 g/mol. The molecule has 112 valence electrons. The van der Waals surface area contributed by atoms with Crippen LogP contribution in [-0.2, 0) is 0 Å². The van der Waals surface area contributed by atoms with Crippen LogP contribution in [0, 0.1) is 11.3 Å². The van der Waals surface area contributed by atoms with Crippen molar-refractivity contribution in [3.05, 3.63) is 47.8 Å². The Labute approximate surface area is 129 Å². The Hall–Kier alpha value is -2.94. The molecule has 1 aromatic heterocycles. The van der Waals surface area contributed by atoms with Gasteiger partial charge in [-0.1, -0.05) is 6.07 Å². The topological polar surface area (TPSA) is 90.7 Å². The van der Waals surface area contributed by atoms with Gasteiger partial charge in [0.2, 0.25) is 5.95 Å². The Morgan fingerprint density at radius 3 is 2.50 bits per heavy atom. The van der Waals surface area contributed by atoms with E-state index in [0.717, 1.165) is 0 Å². The van der Waals surface area contributed by atoms with E-state index >= 15 is 0 Å². The lowest BCUT2D eigenvalue weighted by molar-refractivity contribution is 0.0919. The minimum Gasteiger partial charge on any atom is -0.347 e. The average molecular weight is 295 g/mol. The van der Waals surface area contributed by atoms with Crippen LogP contribution in [0.3, 0.4) is 0 Å². The molecule has 0 bridgehead atoms. The van der Waals surface area contributed by atoms with Gasteiger partial charge in [-0.3, -0.25) is 4.79 Å². The molecule has 0 radical (unpaired) electrons. The zero-order chi connectivity index (χ0) is 16.2. The fourth-order valence-corrected chi connectivity index (χ4v) is 1.72. The number of amides is 1. The predicted octanol–water partition coefficient (Wildman–Crippen LogP) is 2.62. The minimum atomic E-state index is -0.314. The molecule has 0 saturated heterocycles. The molecule has 0 aliphatic rings. The molecule has 2 aromatic rings. The standard InChI is InChI=1S/C16H17N5O/c1-16(2,3)21-14(22)12-9-18-15(19-10-12)20-13-6-4-5-11(7-13)8-17/h4-7,9-10H,1-3H3,(H,21,22)(H,18,19,20). The molecule has 22 heavy (non-hydrogen) atoms. The number of nitrogens with zero attached hydrogens (tertiary/aromatic N) is 3. The Morgan fingerprint density at radius 1 is 1.23 bits per heavy atom. The molecule has 0 fully saturated rings. The van der Waals surface area contributed by atoms with Gasteiger partial charge in [0, 0.05) is 23.6 Å². The lowest BCUT2D eigenvalue weighted by atomic mass is 10.1. The number of carbonyl (C=O) groups is 1. The SMILES string of the molecule is CC(C)(C)NC(=O)c1cnc(Nc2cccc(C#N)c2)nc1. The van der Waals surface area contributed by atoms with Gasteiger partial charge in [0.25, 0.3) is 5.91 Å². The molecule has 2 rings (SSSR count). The fraction of sp³-hybridized carbons (Fsp3) is 0.250. The zero-order valence-electron chi connectivity index (χ0n) is 12.7. The molecule has 1 amide bonds. The van der Waals surface area contributed by atoms with E-state index in [1.807, 2.05) is 26.8 Å². The summed E-state index contributed by atoms with van der Waals surface area (Å²) in [4.78, 5) is 20.2. The Morgan fingerprint density at radius 2 is 1.91 bits per heavy atom. The van der Waals surface area contributed by atoms with Crippen LogP contribution < -0.4 is 10.6 Å². The number of nitrogens with one attached hydrogen (secondary N) is 2. The average Bonchev–Trinajstić information content (AvgIpc) is 2.46. The molecule has 6 nitrogen and oxygen atoms in total. The maximum Gasteiger partial charge on any atom is 0.254 e. The Kier molecular flexibility index (Phi) is 4.37. The first-order chi connectivity index (χ1) is 10.4. The van der Waals surface area contributed by atoms with E-state index in [1.165, 1.54) is 12.4 Å². The van der Waals surface area contributed by atoms with Gasteiger partial charge < -0.3 is 10.6 Å². The van der Waals surface area contributed by atoms with Crippen LogP contribution in [0.2, 0.25) is 0 Å².